The van der Waals surface area contributed by atoms with Crippen LogP contribution in [0.2, 0.25) is 0 Å². The Hall–Kier alpha value is -0.610. The van der Waals surface area contributed by atoms with Crippen molar-refractivity contribution in [3.8, 4) is 0 Å². The van der Waals surface area contributed by atoms with Crippen molar-refractivity contribution in [2.75, 3.05) is 13.2 Å². The molecular weight excluding hydrogens is 180 g/mol. The van der Waals surface area contributed by atoms with Gasteiger partial charge in [-0.3, -0.25) is 4.79 Å². The highest BCUT2D eigenvalue weighted by Gasteiger charge is 2.17. The Balaban J connectivity index is 3.73. The molecule has 0 fully saturated rings. The monoisotopic (exact) mass is 202 g/mol. The van der Waals surface area contributed by atoms with Crippen LogP contribution in [0.4, 0.5) is 0 Å². The molecule has 0 aliphatic rings. The minimum Gasteiger partial charge on any atom is -0.377 e. The van der Waals surface area contributed by atoms with E-state index in [1.807, 2.05) is 27.7 Å². The van der Waals surface area contributed by atoms with Crippen molar-refractivity contribution < 1.29 is 9.53 Å². The van der Waals surface area contributed by atoms with Crippen LogP contribution in [-0.4, -0.2) is 31.2 Å². The average Bonchev–Trinajstić information content (AvgIpc) is 2.13. The first-order chi connectivity index (χ1) is 6.49. The van der Waals surface area contributed by atoms with E-state index in [9.17, 15) is 4.79 Å². The number of carbonyl (C=O) groups excluding carboxylic acids is 1. The summed E-state index contributed by atoms with van der Waals surface area (Å²) in [5.74, 6) is 0.0592. The molecule has 0 saturated carbocycles. The number of rotatable bonds is 6. The van der Waals surface area contributed by atoms with E-state index >= 15 is 0 Å². The fourth-order valence-corrected chi connectivity index (χ4v) is 1.01. The van der Waals surface area contributed by atoms with E-state index in [0.717, 1.165) is 0 Å². The fraction of sp³-hybridized carbons (Fsp3) is 0.900. The molecule has 0 heterocycles. The summed E-state index contributed by atoms with van der Waals surface area (Å²) in [6.07, 6.45) is 0.0447. The highest BCUT2D eigenvalue weighted by molar-refractivity contribution is 5.81. The molecule has 0 bridgehead atoms. The molecular formula is C10H22N2O2. The Bertz CT molecular complexity index is 172. The minimum atomic E-state index is -0.427. The van der Waals surface area contributed by atoms with Gasteiger partial charge in [-0.15, -0.1) is 0 Å². The van der Waals surface area contributed by atoms with Crippen molar-refractivity contribution in [1.82, 2.24) is 5.32 Å². The molecule has 14 heavy (non-hydrogen) atoms. The fourth-order valence-electron chi connectivity index (χ4n) is 1.01. The van der Waals surface area contributed by atoms with E-state index in [2.05, 4.69) is 5.32 Å². The Labute approximate surface area is 86.2 Å². The van der Waals surface area contributed by atoms with Gasteiger partial charge >= 0.3 is 0 Å². The largest absolute Gasteiger partial charge is 0.377 e. The number of hydrogen-bond donors (Lipinski definition) is 2. The zero-order chi connectivity index (χ0) is 11.1. The van der Waals surface area contributed by atoms with Crippen molar-refractivity contribution in [1.29, 1.82) is 0 Å². The third-order valence-corrected chi connectivity index (χ3v) is 2.04. The molecule has 0 radical (unpaired) electrons. The van der Waals surface area contributed by atoms with E-state index in [1.54, 1.807) is 0 Å². The lowest BCUT2D eigenvalue weighted by Crippen LogP contribution is -2.46. The molecule has 3 N–H and O–H groups in total. The van der Waals surface area contributed by atoms with Crippen LogP contribution in [0.3, 0.4) is 0 Å². The van der Waals surface area contributed by atoms with Crippen LogP contribution in [0.5, 0.6) is 0 Å². The van der Waals surface area contributed by atoms with Gasteiger partial charge in [-0.05, 0) is 19.8 Å². The van der Waals surface area contributed by atoms with Crippen LogP contribution in [0.15, 0.2) is 0 Å². The molecule has 4 heteroatoms. The van der Waals surface area contributed by atoms with Crippen molar-refractivity contribution in [3.05, 3.63) is 0 Å². The summed E-state index contributed by atoms with van der Waals surface area (Å²) in [4.78, 5) is 11.4. The molecule has 2 atom stereocenters. The molecule has 84 valence electrons. The maximum absolute atomic E-state index is 11.4. The summed E-state index contributed by atoms with van der Waals surface area (Å²) in [5.41, 5.74) is 5.67. The highest BCUT2D eigenvalue weighted by atomic mass is 16.5. The summed E-state index contributed by atoms with van der Waals surface area (Å²) in [6.45, 7) is 8.88. The summed E-state index contributed by atoms with van der Waals surface area (Å²) < 4.78 is 5.28. The quantitative estimate of drug-likeness (QED) is 0.659. The summed E-state index contributed by atoms with van der Waals surface area (Å²) in [7, 11) is 0. The number of hydrogen-bond acceptors (Lipinski definition) is 3. The van der Waals surface area contributed by atoms with Gasteiger partial charge in [0, 0.05) is 13.2 Å². The number of nitrogens with one attached hydrogen (secondary N) is 1. The van der Waals surface area contributed by atoms with E-state index in [-0.39, 0.29) is 17.9 Å². The van der Waals surface area contributed by atoms with Gasteiger partial charge < -0.3 is 15.8 Å². The van der Waals surface area contributed by atoms with Crippen LogP contribution in [0.1, 0.15) is 27.7 Å². The summed E-state index contributed by atoms with van der Waals surface area (Å²) in [5, 5.41) is 2.76. The van der Waals surface area contributed by atoms with E-state index < -0.39 is 6.04 Å². The van der Waals surface area contributed by atoms with Crippen molar-refractivity contribution in [3.63, 3.8) is 0 Å². The topological polar surface area (TPSA) is 64.3 Å². The Kier molecular flexibility index (Phi) is 6.49. The Morgan fingerprint density at radius 2 is 2.00 bits per heavy atom. The molecule has 1 amide bonds. The number of amides is 1. The number of carbonyl (C=O) groups is 1. The first-order valence-electron chi connectivity index (χ1n) is 5.13. The number of nitrogens with two attached hydrogens (primary N) is 1. The van der Waals surface area contributed by atoms with Gasteiger partial charge in [0.25, 0.3) is 0 Å². The van der Waals surface area contributed by atoms with Gasteiger partial charge in [0.1, 0.15) is 0 Å². The predicted octanol–water partition coefficient (Wildman–Crippen LogP) is 0.511. The molecule has 0 saturated heterocycles. The molecule has 0 aliphatic heterocycles. The SMILES string of the molecule is CCOC(C)CNC(=O)[C@H](N)C(C)C. The minimum absolute atomic E-state index is 0.0447. The van der Waals surface area contributed by atoms with Crippen LogP contribution >= 0.6 is 0 Å². The number of ether oxygens (including phenoxy) is 1. The van der Waals surface area contributed by atoms with Crippen LogP contribution < -0.4 is 11.1 Å². The van der Waals surface area contributed by atoms with Gasteiger partial charge in [0.15, 0.2) is 0 Å². The van der Waals surface area contributed by atoms with E-state index in [1.165, 1.54) is 0 Å². The molecule has 0 aliphatic carbocycles. The van der Waals surface area contributed by atoms with Gasteiger partial charge in [0.05, 0.1) is 12.1 Å². The van der Waals surface area contributed by atoms with Crippen LogP contribution in [0, 0.1) is 5.92 Å². The van der Waals surface area contributed by atoms with Crippen molar-refractivity contribution >= 4 is 5.91 Å². The van der Waals surface area contributed by atoms with Gasteiger partial charge in [-0.1, -0.05) is 13.8 Å². The maximum atomic E-state index is 11.4. The highest BCUT2D eigenvalue weighted by Crippen LogP contribution is 1.98. The van der Waals surface area contributed by atoms with Gasteiger partial charge in [-0.25, -0.2) is 0 Å². The van der Waals surface area contributed by atoms with Gasteiger partial charge in [0.2, 0.25) is 5.91 Å². The Morgan fingerprint density at radius 3 is 2.43 bits per heavy atom. The molecule has 0 aromatic carbocycles. The zero-order valence-electron chi connectivity index (χ0n) is 9.54. The lowest BCUT2D eigenvalue weighted by Gasteiger charge is -2.17. The molecule has 0 aromatic rings. The maximum Gasteiger partial charge on any atom is 0.237 e. The third kappa shape index (κ3) is 5.19. The summed E-state index contributed by atoms with van der Waals surface area (Å²) >= 11 is 0. The molecule has 0 spiro atoms. The van der Waals surface area contributed by atoms with Crippen molar-refractivity contribution in [2.45, 2.75) is 39.8 Å². The first kappa shape index (κ1) is 13.4. The van der Waals surface area contributed by atoms with E-state index in [0.29, 0.717) is 13.2 Å². The second-order valence-electron chi connectivity index (χ2n) is 3.78. The second-order valence-corrected chi connectivity index (χ2v) is 3.78. The summed E-state index contributed by atoms with van der Waals surface area (Å²) in [6, 6.07) is -0.427. The zero-order valence-corrected chi connectivity index (χ0v) is 9.54. The lowest BCUT2D eigenvalue weighted by molar-refractivity contribution is -0.123. The van der Waals surface area contributed by atoms with Crippen LogP contribution in [0.25, 0.3) is 0 Å². The third-order valence-electron chi connectivity index (χ3n) is 2.04. The predicted molar refractivity (Wildman–Crippen MR) is 56.9 cm³/mol. The lowest BCUT2D eigenvalue weighted by atomic mass is 10.1. The molecule has 1 unspecified atom stereocenters. The Morgan fingerprint density at radius 1 is 1.43 bits per heavy atom. The average molecular weight is 202 g/mol. The second kappa shape index (κ2) is 6.79. The molecule has 0 rings (SSSR count). The smallest absolute Gasteiger partial charge is 0.237 e. The van der Waals surface area contributed by atoms with Crippen LogP contribution in [-0.2, 0) is 9.53 Å². The first-order valence-corrected chi connectivity index (χ1v) is 5.13. The molecule has 0 aromatic heterocycles. The molecule has 4 nitrogen and oxygen atoms in total. The normalized spacial score (nSPS) is 15.3. The van der Waals surface area contributed by atoms with Crippen molar-refractivity contribution in [2.24, 2.45) is 11.7 Å². The van der Waals surface area contributed by atoms with E-state index in [4.69, 9.17) is 10.5 Å². The standard InChI is InChI=1S/C10H22N2O2/c1-5-14-8(4)6-12-10(13)9(11)7(2)3/h7-9H,5-6,11H2,1-4H3,(H,12,13)/t8?,9-/m1/s1. The van der Waals surface area contributed by atoms with Gasteiger partial charge in [-0.2, -0.15) is 0 Å².